The fraction of sp³-hybridized carbons (Fsp3) is 0.356. The number of rotatable bonds is 12. The molecule has 6 heterocycles. The smallest absolute Gasteiger partial charge is 0.177 e. The Morgan fingerprint density at radius 3 is 1.32 bits per heavy atom. The molecule has 0 bridgehead atoms. The van der Waals surface area contributed by atoms with E-state index in [2.05, 4.69) is 73.6 Å². The van der Waals surface area contributed by atoms with Gasteiger partial charge in [-0.3, -0.25) is 14.6 Å². The van der Waals surface area contributed by atoms with Crippen molar-refractivity contribution in [2.75, 3.05) is 38.7 Å². The van der Waals surface area contributed by atoms with Crippen molar-refractivity contribution in [3.63, 3.8) is 0 Å². The maximum atomic E-state index is 16.2. The first-order valence-corrected chi connectivity index (χ1v) is 23.6. The van der Waals surface area contributed by atoms with E-state index in [9.17, 15) is 0 Å². The van der Waals surface area contributed by atoms with E-state index in [0.29, 0.717) is 11.6 Å². The number of likely N-dealkylation sites (tertiary alicyclic amines) is 2. The van der Waals surface area contributed by atoms with E-state index in [4.69, 9.17) is 19.9 Å². The number of nitrogens with zero attached hydrogens (tertiary/aromatic N) is 6. The van der Waals surface area contributed by atoms with Crippen LogP contribution < -0.4 is 0 Å². The SMILES string of the molecule is C=C(C)c1c(C(C(=O)C(c2sc3nc(-c4ccccc4)nc(SC)c3c2C(=C)C)N2CCCCC2)N2CCCCC2)sc2nc(-c3ccccc3)nc(SC)c12. The maximum Gasteiger partial charge on any atom is 0.177 e. The number of aromatic nitrogens is 4. The molecule has 0 radical (unpaired) electrons. The molecule has 2 fully saturated rings. The quantitative estimate of drug-likeness (QED) is 0.0886. The first kappa shape index (κ1) is 39.1. The van der Waals surface area contributed by atoms with Crippen LogP contribution in [0.25, 0.3) is 54.4 Å². The van der Waals surface area contributed by atoms with Crippen LogP contribution in [-0.4, -0.2) is 74.2 Å². The van der Waals surface area contributed by atoms with Crippen molar-refractivity contribution in [3.05, 3.63) is 94.7 Å². The zero-order chi connectivity index (χ0) is 38.9. The Balaban J connectivity index is 1.36. The van der Waals surface area contributed by atoms with Gasteiger partial charge >= 0.3 is 0 Å². The van der Waals surface area contributed by atoms with Crippen LogP contribution in [0.5, 0.6) is 0 Å². The largest absolute Gasteiger partial charge is 0.295 e. The molecule has 288 valence electrons. The minimum absolute atomic E-state index is 0.209. The third-order valence-electron chi connectivity index (χ3n) is 10.9. The summed E-state index contributed by atoms with van der Waals surface area (Å²) in [5.74, 6) is 1.61. The number of thiophene rings is 2. The van der Waals surface area contributed by atoms with Crippen LogP contribution in [0.15, 0.2) is 83.9 Å². The summed E-state index contributed by atoms with van der Waals surface area (Å²) in [6.07, 6.45) is 10.7. The minimum atomic E-state index is -0.475. The fourth-order valence-electron chi connectivity index (χ4n) is 8.39. The molecular weight excluding hydrogens is 769 g/mol. The lowest BCUT2D eigenvalue weighted by Gasteiger charge is -2.39. The summed E-state index contributed by atoms with van der Waals surface area (Å²) in [7, 11) is 0. The second-order valence-corrected chi connectivity index (χ2v) is 18.5. The van der Waals surface area contributed by atoms with Gasteiger partial charge in [-0.15, -0.1) is 46.2 Å². The third-order valence-corrected chi connectivity index (χ3v) is 14.6. The van der Waals surface area contributed by atoms with Gasteiger partial charge in [-0.05, 0) is 89.4 Å². The van der Waals surface area contributed by atoms with Crippen molar-refractivity contribution < 1.29 is 4.79 Å². The molecule has 56 heavy (non-hydrogen) atoms. The van der Waals surface area contributed by atoms with Gasteiger partial charge in [0, 0.05) is 32.0 Å². The molecule has 11 heteroatoms. The van der Waals surface area contributed by atoms with Crippen LogP contribution in [0.3, 0.4) is 0 Å². The molecule has 7 nitrogen and oxygen atoms in total. The van der Waals surface area contributed by atoms with Crippen LogP contribution in [0.4, 0.5) is 0 Å². The molecule has 4 aromatic heterocycles. The molecule has 8 rings (SSSR count). The Bertz CT molecular complexity index is 2240. The lowest BCUT2D eigenvalue weighted by atomic mass is 9.90. The predicted octanol–water partition coefficient (Wildman–Crippen LogP) is 11.9. The van der Waals surface area contributed by atoms with Crippen LogP contribution in [0.2, 0.25) is 0 Å². The van der Waals surface area contributed by atoms with Crippen molar-refractivity contribution in [2.45, 2.75) is 74.5 Å². The van der Waals surface area contributed by atoms with Gasteiger partial charge in [0.2, 0.25) is 0 Å². The average molecular weight is 817 g/mol. The first-order chi connectivity index (χ1) is 27.3. The molecule has 0 aliphatic carbocycles. The van der Waals surface area contributed by atoms with Gasteiger partial charge < -0.3 is 0 Å². The molecule has 2 aliphatic rings. The number of hydrogen-bond donors (Lipinski definition) is 0. The van der Waals surface area contributed by atoms with Crippen molar-refractivity contribution in [2.24, 2.45) is 0 Å². The highest BCUT2D eigenvalue weighted by atomic mass is 32.2. The minimum Gasteiger partial charge on any atom is -0.295 e. The Morgan fingerprint density at radius 1 is 0.607 bits per heavy atom. The number of fused-ring (bicyclic) bond motifs is 2. The Labute approximate surface area is 346 Å². The van der Waals surface area contributed by atoms with Gasteiger partial charge in [0.15, 0.2) is 17.4 Å². The molecule has 0 N–H and O–H groups in total. The summed E-state index contributed by atoms with van der Waals surface area (Å²) >= 11 is 6.57. The highest BCUT2D eigenvalue weighted by molar-refractivity contribution is 7.99. The number of Topliss-reactive ketones (excluding diaryl/α,β-unsaturated/α-hetero) is 1. The summed E-state index contributed by atoms with van der Waals surface area (Å²) in [6.45, 7) is 16.7. The molecule has 2 unspecified atom stereocenters. The summed E-state index contributed by atoms with van der Waals surface area (Å²) in [5.41, 5.74) is 5.86. The number of allylic oxidation sites excluding steroid dienone is 2. The van der Waals surface area contributed by atoms with E-state index < -0.39 is 12.1 Å². The number of hydrogen-bond acceptors (Lipinski definition) is 11. The Kier molecular flexibility index (Phi) is 11.9. The zero-order valence-corrected chi connectivity index (χ0v) is 35.9. The van der Waals surface area contributed by atoms with Crippen molar-refractivity contribution in [3.8, 4) is 22.8 Å². The highest BCUT2D eigenvalue weighted by Crippen LogP contribution is 2.49. The summed E-state index contributed by atoms with van der Waals surface area (Å²) < 4.78 is 0. The molecule has 0 saturated carbocycles. The lowest BCUT2D eigenvalue weighted by molar-refractivity contribution is -0.131. The summed E-state index contributed by atoms with van der Waals surface area (Å²) in [4.78, 5) is 45.6. The van der Waals surface area contributed by atoms with Crippen LogP contribution >= 0.6 is 46.2 Å². The van der Waals surface area contributed by atoms with E-state index in [0.717, 1.165) is 126 Å². The Morgan fingerprint density at radius 2 is 0.982 bits per heavy atom. The highest BCUT2D eigenvalue weighted by Gasteiger charge is 2.43. The molecule has 0 amide bonds. The topological polar surface area (TPSA) is 75.1 Å². The molecule has 6 aromatic rings. The number of piperidine rings is 2. The fourth-order valence-corrected chi connectivity index (χ4v) is 12.5. The zero-order valence-electron chi connectivity index (χ0n) is 32.6. The van der Waals surface area contributed by atoms with E-state index in [-0.39, 0.29) is 5.78 Å². The third kappa shape index (κ3) is 7.42. The monoisotopic (exact) mass is 816 g/mol. The number of benzene rings is 2. The lowest BCUT2D eigenvalue weighted by Crippen LogP contribution is -2.45. The standard InChI is InChI=1S/C45H48N6OS4/c1-27(2)31-33-42(53-5)46-40(29-19-11-7-12-20-29)48-44(33)55-38(31)35(50-23-15-9-16-24-50)37(52)36(51-25-17-10-18-26-51)39-32(28(3)4)34-43(54-6)47-41(49-45(34)56-39)30-21-13-8-14-22-30/h7-8,11-14,19-22,35-36H,1,3,9-10,15-18,23-26H2,2,4-6H3. The van der Waals surface area contributed by atoms with E-state index in [1.807, 2.05) is 36.4 Å². The van der Waals surface area contributed by atoms with E-state index >= 15 is 4.79 Å². The molecule has 2 aliphatic heterocycles. The van der Waals surface area contributed by atoms with Crippen LogP contribution in [0, 0.1) is 0 Å². The number of thioether (sulfide) groups is 2. The normalized spacial score (nSPS) is 16.6. The first-order valence-electron chi connectivity index (χ1n) is 19.5. The summed E-state index contributed by atoms with van der Waals surface area (Å²) in [6, 6.07) is 19.4. The number of carbonyl (C=O) groups is 1. The number of ketones is 1. The van der Waals surface area contributed by atoms with Crippen LogP contribution in [0.1, 0.15) is 85.3 Å². The molecule has 2 aromatic carbocycles. The summed E-state index contributed by atoms with van der Waals surface area (Å²) in [5, 5.41) is 3.84. The van der Waals surface area contributed by atoms with Gasteiger partial charge in [0.25, 0.3) is 0 Å². The van der Waals surface area contributed by atoms with Gasteiger partial charge in [-0.1, -0.05) is 86.7 Å². The van der Waals surface area contributed by atoms with Crippen LogP contribution in [-0.2, 0) is 4.79 Å². The molecule has 0 spiro atoms. The van der Waals surface area contributed by atoms with Gasteiger partial charge in [-0.2, -0.15) is 0 Å². The number of carbonyl (C=O) groups excluding carboxylic acids is 1. The molecular formula is C45H48N6OS4. The second kappa shape index (κ2) is 17.0. The van der Waals surface area contributed by atoms with E-state index in [1.54, 1.807) is 46.2 Å². The van der Waals surface area contributed by atoms with Crippen molar-refractivity contribution in [1.82, 2.24) is 29.7 Å². The van der Waals surface area contributed by atoms with Gasteiger partial charge in [0.05, 0.1) is 10.8 Å². The predicted molar refractivity (Wildman–Crippen MR) is 240 cm³/mol. The Hall–Kier alpha value is -3.71. The van der Waals surface area contributed by atoms with E-state index in [1.165, 1.54) is 12.8 Å². The van der Waals surface area contributed by atoms with Crippen molar-refractivity contribution >= 4 is 83.6 Å². The van der Waals surface area contributed by atoms with Gasteiger partial charge in [0.1, 0.15) is 31.8 Å². The van der Waals surface area contributed by atoms with Gasteiger partial charge in [-0.25, -0.2) is 19.9 Å². The molecule has 2 atom stereocenters. The van der Waals surface area contributed by atoms with Crippen molar-refractivity contribution in [1.29, 1.82) is 0 Å². The average Bonchev–Trinajstić information content (AvgIpc) is 3.81. The second-order valence-electron chi connectivity index (χ2n) is 14.8. The molecule has 2 saturated heterocycles. The maximum absolute atomic E-state index is 16.2.